The average Bonchev–Trinajstić information content (AvgIpc) is 3.32. The van der Waals surface area contributed by atoms with Crippen LogP contribution in [0.5, 0.6) is 0 Å². The van der Waals surface area contributed by atoms with Gasteiger partial charge in [-0.1, -0.05) is 12.8 Å². The Hall–Kier alpha value is -1.83. The van der Waals surface area contributed by atoms with Gasteiger partial charge in [-0.05, 0) is 25.7 Å². The first-order valence-electron chi connectivity index (χ1n) is 9.90. The number of amides is 2. The van der Waals surface area contributed by atoms with Crippen molar-refractivity contribution >= 4 is 17.8 Å². The summed E-state index contributed by atoms with van der Waals surface area (Å²) in [6, 6.07) is 0. The number of carbonyl (C=O) groups is 2. The summed E-state index contributed by atoms with van der Waals surface area (Å²) in [5.41, 5.74) is -0.388. The molecule has 1 saturated carbocycles. The number of guanidine groups is 1. The average molecular weight is 382 g/mol. The molecule has 0 radical (unpaired) electrons. The molecule has 0 bridgehead atoms. The highest BCUT2D eigenvalue weighted by molar-refractivity contribution is 5.86. The van der Waals surface area contributed by atoms with Crippen molar-refractivity contribution in [3.05, 3.63) is 0 Å². The fourth-order valence-electron chi connectivity index (χ4n) is 3.72. The normalized spacial score (nSPS) is 21.8. The van der Waals surface area contributed by atoms with Crippen LogP contribution in [0.2, 0.25) is 0 Å². The van der Waals surface area contributed by atoms with Crippen molar-refractivity contribution in [1.29, 1.82) is 0 Å². The maximum Gasteiger partial charge on any atom is 0.243 e. The number of carbonyl (C=O) groups excluding carboxylic acids is 2. The predicted molar refractivity (Wildman–Crippen MR) is 106 cm³/mol. The number of likely N-dealkylation sites (N-methyl/N-ethyl adjacent to an activating group) is 1. The summed E-state index contributed by atoms with van der Waals surface area (Å²) in [5.74, 6) is 0.669. The highest BCUT2D eigenvalue weighted by Gasteiger charge is 2.42. The van der Waals surface area contributed by atoms with E-state index in [2.05, 4.69) is 15.6 Å². The first-order valence-corrected chi connectivity index (χ1v) is 9.90. The zero-order valence-corrected chi connectivity index (χ0v) is 17.2. The van der Waals surface area contributed by atoms with Gasteiger partial charge in [-0.2, -0.15) is 0 Å². The highest BCUT2D eigenvalue weighted by atomic mass is 16.5. The number of ether oxygens (including phenoxy) is 1. The van der Waals surface area contributed by atoms with Crippen LogP contribution in [-0.2, 0) is 14.3 Å². The third-order valence-electron chi connectivity index (χ3n) is 5.41. The van der Waals surface area contributed by atoms with Crippen LogP contribution in [0, 0.1) is 5.41 Å². The molecule has 1 aliphatic carbocycles. The number of nitrogens with zero attached hydrogens (tertiary/aromatic N) is 3. The molecule has 0 aromatic heterocycles. The lowest BCUT2D eigenvalue weighted by molar-refractivity contribution is -0.138. The minimum Gasteiger partial charge on any atom is -0.376 e. The van der Waals surface area contributed by atoms with Crippen LogP contribution in [0.1, 0.15) is 38.5 Å². The van der Waals surface area contributed by atoms with Crippen LogP contribution in [0.15, 0.2) is 4.99 Å². The summed E-state index contributed by atoms with van der Waals surface area (Å²) < 4.78 is 5.65. The van der Waals surface area contributed by atoms with Gasteiger partial charge in [0, 0.05) is 47.9 Å². The minimum absolute atomic E-state index is 0.0619. The third-order valence-corrected chi connectivity index (χ3v) is 5.41. The molecule has 27 heavy (non-hydrogen) atoms. The lowest BCUT2D eigenvalue weighted by Crippen LogP contribution is -2.50. The Balaban J connectivity index is 2.01. The van der Waals surface area contributed by atoms with E-state index in [4.69, 9.17) is 4.74 Å². The monoisotopic (exact) mass is 381 g/mol. The first kappa shape index (κ1) is 21.5. The van der Waals surface area contributed by atoms with E-state index in [1.54, 1.807) is 19.0 Å². The van der Waals surface area contributed by atoms with Crippen molar-refractivity contribution < 1.29 is 14.3 Å². The molecule has 2 fully saturated rings. The van der Waals surface area contributed by atoms with E-state index in [1.807, 2.05) is 14.1 Å². The summed E-state index contributed by atoms with van der Waals surface area (Å²) >= 11 is 0. The lowest BCUT2D eigenvalue weighted by atomic mass is 9.84. The largest absolute Gasteiger partial charge is 0.376 e. The summed E-state index contributed by atoms with van der Waals surface area (Å²) in [6.45, 7) is 2.04. The maximum atomic E-state index is 12.7. The van der Waals surface area contributed by atoms with Gasteiger partial charge in [0.2, 0.25) is 11.8 Å². The zero-order valence-electron chi connectivity index (χ0n) is 17.2. The van der Waals surface area contributed by atoms with Gasteiger partial charge in [-0.15, -0.1) is 0 Å². The van der Waals surface area contributed by atoms with Gasteiger partial charge < -0.3 is 25.2 Å². The molecular formula is C19H35N5O3. The molecule has 1 aliphatic heterocycles. The third kappa shape index (κ3) is 6.09. The van der Waals surface area contributed by atoms with E-state index in [9.17, 15) is 9.59 Å². The van der Waals surface area contributed by atoms with Gasteiger partial charge in [0.15, 0.2) is 5.96 Å². The van der Waals surface area contributed by atoms with E-state index in [1.165, 1.54) is 4.90 Å². The van der Waals surface area contributed by atoms with E-state index in [0.29, 0.717) is 19.0 Å². The molecule has 2 rings (SSSR count). The number of aliphatic imine (C=N–C) groups is 1. The van der Waals surface area contributed by atoms with Gasteiger partial charge >= 0.3 is 0 Å². The van der Waals surface area contributed by atoms with Crippen molar-refractivity contribution in [2.24, 2.45) is 10.4 Å². The Morgan fingerprint density at radius 2 is 1.78 bits per heavy atom. The number of hydrogen-bond donors (Lipinski definition) is 2. The molecule has 0 aromatic rings. The van der Waals surface area contributed by atoms with E-state index < -0.39 is 0 Å². The van der Waals surface area contributed by atoms with Gasteiger partial charge in [-0.25, -0.2) is 4.99 Å². The van der Waals surface area contributed by atoms with Crippen LogP contribution in [0.25, 0.3) is 0 Å². The van der Waals surface area contributed by atoms with E-state index >= 15 is 0 Å². The van der Waals surface area contributed by atoms with Crippen molar-refractivity contribution in [1.82, 2.24) is 20.4 Å². The standard InChI is InChI=1S/C19H35N5O3/c1-23(2)16(25)13-21-18(20-12-15-8-7-11-27-15)22-14-19(9-5-6-10-19)17(26)24(3)4/h15H,5-14H2,1-4H3,(H2,20,21,22). The molecule has 1 atom stereocenters. The first-order chi connectivity index (χ1) is 12.8. The second-order valence-electron chi connectivity index (χ2n) is 8.01. The van der Waals surface area contributed by atoms with E-state index in [0.717, 1.165) is 45.1 Å². The van der Waals surface area contributed by atoms with E-state index in [-0.39, 0.29) is 29.9 Å². The van der Waals surface area contributed by atoms with Gasteiger partial charge in [0.25, 0.3) is 0 Å². The van der Waals surface area contributed by atoms with Crippen LogP contribution in [0.3, 0.4) is 0 Å². The molecule has 2 N–H and O–H groups in total. The molecule has 8 heteroatoms. The van der Waals surface area contributed by atoms with Crippen molar-refractivity contribution in [2.75, 3.05) is 54.4 Å². The van der Waals surface area contributed by atoms with Crippen LogP contribution >= 0.6 is 0 Å². The molecule has 1 saturated heterocycles. The minimum atomic E-state index is -0.388. The molecule has 2 aliphatic rings. The molecule has 8 nitrogen and oxygen atoms in total. The molecule has 0 aromatic carbocycles. The fraction of sp³-hybridized carbons (Fsp3) is 0.842. The van der Waals surface area contributed by atoms with Crippen LogP contribution in [0.4, 0.5) is 0 Å². The highest BCUT2D eigenvalue weighted by Crippen LogP contribution is 2.38. The Morgan fingerprint density at radius 3 is 2.33 bits per heavy atom. The summed E-state index contributed by atoms with van der Waals surface area (Å²) in [4.78, 5) is 32.3. The zero-order chi connectivity index (χ0) is 19.9. The SMILES string of the molecule is CN(C)C(=O)CN=C(NCC1CCCO1)NCC1(C(=O)N(C)C)CCCC1. The number of hydrogen-bond acceptors (Lipinski definition) is 4. The number of rotatable bonds is 7. The Bertz CT molecular complexity index is 535. The summed E-state index contributed by atoms with van der Waals surface area (Å²) in [5, 5.41) is 6.61. The second kappa shape index (κ2) is 9.92. The lowest BCUT2D eigenvalue weighted by Gasteiger charge is -2.31. The Labute approximate surface area is 162 Å². The fourth-order valence-corrected chi connectivity index (χ4v) is 3.72. The second-order valence-corrected chi connectivity index (χ2v) is 8.01. The quantitative estimate of drug-likeness (QED) is 0.494. The summed E-state index contributed by atoms with van der Waals surface area (Å²) in [7, 11) is 7.05. The maximum absolute atomic E-state index is 12.7. The Kier molecular flexibility index (Phi) is 7.89. The smallest absolute Gasteiger partial charge is 0.243 e. The van der Waals surface area contributed by atoms with Crippen LogP contribution < -0.4 is 10.6 Å². The Morgan fingerprint density at radius 1 is 1.07 bits per heavy atom. The van der Waals surface area contributed by atoms with Gasteiger partial charge in [0.1, 0.15) is 6.54 Å². The molecule has 0 spiro atoms. The van der Waals surface area contributed by atoms with Crippen molar-refractivity contribution in [2.45, 2.75) is 44.6 Å². The predicted octanol–water partition coefficient (Wildman–Crippen LogP) is 0.437. The number of nitrogens with one attached hydrogen (secondary N) is 2. The van der Waals surface area contributed by atoms with Gasteiger partial charge in [0.05, 0.1) is 11.5 Å². The molecule has 1 unspecified atom stereocenters. The topological polar surface area (TPSA) is 86.3 Å². The van der Waals surface area contributed by atoms with Crippen molar-refractivity contribution in [3.63, 3.8) is 0 Å². The molecule has 2 amide bonds. The molecular weight excluding hydrogens is 346 g/mol. The van der Waals surface area contributed by atoms with Gasteiger partial charge in [-0.3, -0.25) is 9.59 Å². The summed E-state index contributed by atoms with van der Waals surface area (Å²) in [6.07, 6.45) is 6.17. The van der Waals surface area contributed by atoms with Crippen molar-refractivity contribution in [3.8, 4) is 0 Å². The molecule has 154 valence electrons. The molecule has 1 heterocycles. The van der Waals surface area contributed by atoms with Crippen LogP contribution in [-0.4, -0.2) is 88.1 Å².